The average Bonchev–Trinajstić information content (AvgIpc) is 2.89. The third kappa shape index (κ3) is 2.27. The van der Waals surface area contributed by atoms with E-state index >= 15 is 0 Å². The highest BCUT2D eigenvalue weighted by Crippen LogP contribution is 2.16. The quantitative estimate of drug-likeness (QED) is 0.701. The Bertz CT molecular complexity index is 617. The number of hydrogen-bond acceptors (Lipinski definition) is 3. The first kappa shape index (κ1) is 10.7. The molecule has 4 nitrogen and oxygen atoms in total. The van der Waals surface area contributed by atoms with Crippen LogP contribution in [0.1, 0.15) is 5.56 Å². The van der Waals surface area contributed by atoms with E-state index in [-0.39, 0.29) is 0 Å². The molecule has 0 aliphatic rings. The van der Waals surface area contributed by atoms with Crippen molar-refractivity contribution in [1.82, 2.24) is 19.7 Å². The predicted octanol–water partition coefficient (Wildman–Crippen LogP) is 2.39. The van der Waals surface area contributed by atoms with Crippen LogP contribution in [0.2, 0.25) is 0 Å². The lowest BCUT2D eigenvalue weighted by molar-refractivity contribution is 0.687. The number of nitrogens with zero attached hydrogens (tertiary/aromatic N) is 4. The van der Waals surface area contributed by atoms with Gasteiger partial charge >= 0.3 is 0 Å². The minimum absolute atomic E-state index is 0.772. The van der Waals surface area contributed by atoms with E-state index in [1.54, 1.807) is 12.4 Å². The molecule has 4 heteroatoms. The molecular weight excluding hydrogens is 224 g/mol. The molecule has 0 radical (unpaired) electrons. The van der Waals surface area contributed by atoms with Crippen LogP contribution in [0.25, 0.3) is 11.1 Å². The monoisotopic (exact) mass is 236 g/mol. The Morgan fingerprint density at radius 2 is 1.67 bits per heavy atom. The van der Waals surface area contributed by atoms with Crippen molar-refractivity contribution in [1.29, 1.82) is 0 Å². The van der Waals surface area contributed by atoms with Gasteiger partial charge in [0.1, 0.15) is 6.33 Å². The lowest BCUT2D eigenvalue weighted by atomic mass is 10.2. The van der Waals surface area contributed by atoms with Crippen LogP contribution in [0, 0.1) is 0 Å². The van der Waals surface area contributed by atoms with Crippen LogP contribution in [0.3, 0.4) is 0 Å². The Balaban J connectivity index is 1.82. The summed E-state index contributed by atoms with van der Waals surface area (Å²) in [6, 6.07) is 10.3. The molecule has 3 aromatic rings. The van der Waals surface area contributed by atoms with Gasteiger partial charge in [0.05, 0.1) is 12.7 Å². The fourth-order valence-electron chi connectivity index (χ4n) is 1.82. The molecule has 0 unspecified atom stereocenters. The van der Waals surface area contributed by atoms with Gasteiger partial charge in [-0.15, -0.1) is 0 Å². The zero-order valence-corrected chi connectivity index (χ0v) is 9.77. The molecule has 0 fully saturated rings. The van der Waals surface area contributed by atoms with Gasteiger partial charge in [0, 0.05) is 29.7 Å². The molecule has 0 saturated carbocycles. The molecule has 0 amide bonds. The summed E-state index contributed by atoms with van der Waals surface area (Å²) in [7, 11) is 0. The van der Waals surface area contributed by atoms with E-state index in [0.29, 0.717) is 0 Å². The van der Waals surface area contributed by atoms with Crippen molar-refractivity contribution in [2.75, 3.05) is 0 Å². The smallest absolute Gasteiger partial charge is 0.115 e. The van der Waals surface area contributed by atoms with Gasteiger partial charge in [0.25, 0.3) is 0 Å². The molecular formula is C14H12N4. The second-order valence-electron chi connectivity index (χ2n) is 4.04. The molecule has 0 spiro atoms. The van der Waals surface area contributed by atoms with Gasteiger partial charge in [-0.05, 0) is 5.56 Å². The first-order valence-corrected chi connectivity index (χ1v) is 5.73. The summed E-state index contributed by atoms with van der Waals surface area (Å²) >= 11 is 0. The number of rotatable bonds is 3. The standard InChI is InChI=1S/C14H12N4/c1-2-4-12(5-3-1)9-18-10-14(8-17-18)13-6-15-11-16-7-13/h1-8,10-11H,9H2. The molecule has 3 rings (SSSR count). The van der Waals surface area contributed by atoms with Crippen molar-refractivity contribution >= 4 is 0 Å². The Hall–Kier alpha value is -2.49. The Labute approximate surface area is 105 Å². The van der Waals surface area contributed by atoms with Gasteiger partial charge in [0.2, 0.25) is 0 Å². The van der Waals surface area contributed by atoms with Crippen molar-refractivity contribution in [2.24, 2.45) is 0 Å². The summed E-state index contributed by atoms with van der Waals surface area (Å²) in [4.78, 5) is 8.01. The van der Waals surface area contributed by atoms with Crippen molar-refractivity contribution < 1.29 is 0 Å². The van der Waals surface area contributed by atoms with Gasteiger partial charge in [-0.1, -0.05) is 30.3 Å². The summed E-state index contributed by atoms with van der Waals surface area (Å²) in [5.41, 5.74) is 3.25. The topological polar surface area (TPSA) is 43.6 Å². The molecule has 1 aromatic carbocycles. The van der Waals surface area contributed by atoms with Gasteiger partial charge in [-0.3, -0.25) is 4.68 Å². The molecule has 88 valence electrons. The second-order valence-corrected chi connectivity index (χ2v) is 4.04. The first-order valence-electron chi connectivity index (χ1n) is 5.73. The molecule has 2 heterocycles. The molecule has 0 aliphatic heterocycles. The highest BCUT2D eigenvalue weighted by molar-refractivity contribution is 5.59. The fourth-order valence-corrected chi connectivity index (χ4v) is 1.82. The van der Waals surface area contributed by atoms with Crippen LogP contribution in [0.15, 0.2) is 61.4 Å². The SMILES string of the molecule is c1ccc(Cn2cc(-c3cncnc3)cn2)cc1. The maximum Gasteiger partial charge on any atom is 0.115 e. The molecule has 2 aromatic heterocycles. The van der Waals surface area contributed by atoms with Crippen LogP contribution < -0.4 is 0 Å². The Kier molecular flexibility index (Phi) is 2.84. The summed E-state index contributed by atoms with van der Waals surface area (Å²) in [5, 5.41) is 4.35. The van der Waals surface area contributed by atoms with Crippen molar-refractivity contribution in [3.63, 3.8) is 0 Å². The molecule has 0 atom stereocenters. The third-order valence-corrected chi connectivity index (χ3v) is 2.71. The van der Waals surface area contributed by atoms with Crippen molar-refractivity contribution in [2.45, 2.75) is 6.54 Å². The van der Waals surface area contributed by atoms with Crippen molar-refractivity contribution in [3.8, 4) is 11.1 Å². The summed E-state index contributed by atoms with van der Waals surface area (Å²) < 4.78 is 1.91. The minimum Gasteiger partial charge on any atom is -0.268 e. The van der Waals surface area contributed by atoms with Gasteiger partial charge < -0.3 is 0 Å². The second kappa shape index (κ2) is 4.79. The number of aromatic nitrogens is 4. The van der Waals surface area contributed by atoms with E-state index in [9.17, 15) is 0 Å². The van der Waals surface area contributed by atoms with E-state index in [4.69, 9.17) is 0 Å². The van der Waals surface area contributed by atoms with Gasteiger partial charge in [0.15, 0.2) is 0 Å². The predicted molar refractivity (Wildman–Crippen MR) is 68.8 cm³/mol. The van der Waals surface area contributed by atoms with E-state index in [1.165, 1.54) is 11.9 Å². The minimum atomic E-state index is 0.772. The zero-order chi connectivity index (χ0) is 12.2. The fraction of sp³-hybridized carbons (Fsp3) is 0.0714. The van der Waals surface area contributed by atoms with Gasteiger partial charge in [-0.2, -0.15) is 5.10 Å². The molecule has 0 saturated heterocycles. The number of benzene rings is 1. The van der Waals surface area contributed by atoms with Crippen LogP contribution in [0.5, 0.6) is 0 Å². The van der Waals surface area contributed by atoms with E-state index in [1.807, 2.05) is 35.3 Å². The van der Waals surface area contributed by atoms with Crippen LogP contribution >= 0.6 is 0 Å². The highest BCUT2D eigenvalue weighted by atomic mass is 15.3. The highest BCUT2D eigenvalue weighted by Gasteiger charge is 2.02. The van der Waals surface area contributed by atoms with Crippen molar-refractivity contribution in [3.05, 3.63) is 67.0 Å². The maximum atomic E-state index is 4.35. The summed E-state index contributed by atoms with van der Waals surface area (Å²) in [5.74, 6) is 0. The summed E-state index contributed by atoms with van der Waals surface area (Å²) in [6.07, 6.45) is 8.94. The average molecular weight is 236 g/mol. The molecule has 0 aliphatic carbocycles. The zero-order valence-electron chi connectivity index (χ0n) is 9.77. The van der Waals surface area contributed by atoms with Crippen LogP contribution in [-0.4, -0.2) is 19.7 Å². The van der Waals surface area contributed by atoms with Crippen LogP contribution in [-0.2, 0) is 6.54 Å². The van der Waals surface area contributed by atoms with Crippen LogP contribution in [0.4, 0.5) is 0 Å². The van der Waals surface area contributed by atoms with E-state index in [0.717, 1.165) is 17.7 Å². The lowest BCUT2D eigenvalue weighted by Gasteiger charge is -2.00. The van der Waals surface area contributed by atoms with E-state index < -0.39 is 0 Å². The molecule has 0 N–H and O–H groups in total. The Morgan fingerprint density at radius 3 is 2.44 bits per heavy atom. The number of hydrogen-bond donors (Lipinski definition) is 0. The first-order chi connectivity index (χ1) is 8.92. The molecule has 18 heavy (non-hydrogen) atoms. The lowest BCUT2D eigenvalue weighted by Crippen LogP contribution is -1.99. The third-order valence-electron chi connectivity index (χ3n) is 2.71. The normalized spacial score (nSPS) is 10.4. The Morgan fingerprint density at radius 1 is 0.889 bits per heavy atom. The maximum absolute atomic E-state index is 4.35. The summed E-state index contributed by atoms with van der Waals surface area (Å²) in [6.45, 7) is 0.772. The van der Waals surface area contributed by atoms with Gasteiger partial charge in [-0.25, -0.2) is 9.97 Å². The van der Waals surface area contributed by atoms with E-state index in [2.05, 4.69) is 27.2 Å². The molecule has 0 bridgehead atoms. The largest absolute Gasteiger partial charge is 0.268 e.